The van der Waals surface area contributed by atoms with Gasteiger partial charge in [0, 0.05) is 11.1 Å². The molecule has 1 aromatic rings. The van der Waals surface area contributed by atoms with Gasteiger partial charge in [0.05, 0.1) is 18.3 Å². The minimum atomic E-state index is -0.352. The van der Waals surface area contributed by atoms with Gasteiger partial charge in [0.25, 0.3) is 0 Å². The Hall–Kier alpha value is -1.81. The van der Waals surface area contributed by atoms with E-state index in [-0.39, 0.29) is 35.3 Å². The van der Waals surface area contributed by atoms with Crippen molar-refractivity contribution in [2.45, 2.75) is 164 Å². The Balaban J connectivity index is 1.16. The van der Waals surface area contributed by atoms with Crippen LogP contribution in [0.1, 0.15) is 168 Å². The van der Waals surface area contributed by atoms with Crippen molar-refractivity contribution in [1.82, 2.24) is 0 Å². The maximum Gasteiger partial charge on any atom is 0.338 e. The number of ether oxygens (including phenoxy) is 2. The molecule has 0 aromatic heterocycles. The molecule has 0 amide bonds. The number of carbonyl (C=O) groups is 1. The fourth-order valence-electron chi connectivity index (χ4n) is 11.1. The van der Waals surface area contributed by atoms with E-state index in [1.54, 1.807) is 17.7 Å². The zero-order chi connectivity index (χ0) is 35.2. The second-order valence-electron chi connectivity index (χ2n) is 19.6. The second-order valence-corrected chi connectivity index (χ2v) is 19.6. The number of rotatable bonds is 10. The maximum atomic E-state index is 13.2. The number of phenolic OH excluding ortho intramolecular Hbond substituents is 1. The van der Waals surface area contributed by atoms with Crippen molar-refractivity contribution in [3.63, 3.8) is 0 Å². The van der Waals surface area contributed by atoms with Crippen LogP contribution in [0.4, 0.5) is 0 Å². The van der Waals surface area contributed by atoms with E-state index in [1.807, 2.05) is 0 Å². The molecule has 4 aliphatic carbocycles. The zero-order valence-electron chi connectivity index (χ0n) is 32.6. The van der Waals surface area contributed by atoms with Crippen LogP contribution in [0.3, 0.4) is 0 Å². The van der Waals surface area contributed by atoms with Crippen molar-refractivity contribution in [2.24, 2.45) is 46.3 Å². The molecule has 4 heteroatoms. The Labute approximate surface area is 294 Å². The first-order chi connectivity index (χ1) is 22.4. The molecule has 0 radical (unpaired) electrons. The van der Waals surface area contributed by atoms with Crippen LogP contribution in [0.15, 0.2) is 23.8 Å². The van der Waals surface area contributed by atoms with E-state index in [1.165, 1.54) is 57.8 Å². The first-order valence-electron chi connectivity index (χ1n) is 19.7. The van der Waals surface area contributed by atoms with Crippen molar-refractivity contribution >= 4 is 5.97 Å². The van der Waals surface area contributed by atoms with Crippen LogP contribution in [-0.2, 0) is 20.3 Å². The molecule has 0 spiro atoms. The first kappa shape index (κ1) is 37.4. The van der Waals surface area contributed by atoms with Gasteiger partial charge in [0.15, 0.2) is 0 Å². The van der Waals surface area contributed by atoms with Crippen LogP contribution >= 0.6 is 0 Å². The third-order valence-corrected chi connectivity index (χ3v) is 13.9. The Morgan fingerprint density at radius 2 is 1.56 bits per heavy atom. The molecule has 48 heavy (non-hydrogen) atoms. The van der Waals surface area contributed by atoms with Crippen LogP contribution in [0, 0.1) is 46.3 Å². The lowest BCUT2D eigenvalue weighted by molar-refractivity contribution is -0.0664. The highest BCUT2D eigenvalue weighted by atomic mass is 16.6. The summed E-state index contributed by atoms with van der Waals surface area (Å²) >= 11 is 0. The summed E-state index contributed by atoms with van der Waals surface area (Å²) in [5.74, 6) is 5.06. The second kappa shape index (κ2) is 14.1. The summed E-state index contributed by atoms with van der Waals surface area (Å²) in [7, 11) is 0. The molecule has 3 unspecified atom stereocenters. The lowest BCUT2D eigenvalue weighted by Crippen LogP contribution is -2.51. The highest BCUT2D eigenvalue weighted by Crippen LogP contribution is 2.67. The van der Waals surface area contributed by atoms with E-state index < -0.39 is 0 Å². The van der Waals surface area contributed by atoms with E-state index in [0.717, 1.165) is 59.5 Å². The largest absolute Gasteiger partial charge is 0.507 e. The molecule has 1 N–H and O–H groups in total. The molecule has 4 nitrogen and oxygen atoms in total. The number of fused-ring (bicyclic) bond motifs is 5. The molecule has 0 bridgehead atoms. The van der Waals surface area contributed by atoms with Crippen LogP contribution in [0.5, 0.6) is 5.75 Å². The molecular formula is C44H70O4. The van der Waals surface area contributed by atoms with E-state index in [2.05, 4.69) is 82.2 Å². The number of benzene rings is 1. The van der Waals surface area contributed by atoms with Crippen molar-refractivity contribution in [1.29, 1.82) is 0 Å². The number of hydrogen-bond acceptors (Lipinski definition) is 4. The average Bonchev–Trinajstić information content (AvgIpc) is 3.35. The number of hydrogen-bond donors (Lipinski definition) is 1. The number of aromatic hydroxyl groups is 1. The molecule has 0 saturated heterocycles. The minimum absolute atomic E-state index is 0.199. The third-order valence-electron chi connectivity index (χ3n) is 13.9. The van der Waals surface area contributed by atoms with Crippen LogP contribution in [0.2, 0.25) is 0 Å². The third kappa shape index (κ3) is 7.45. The van der Waals surface area contributed by atoms with Crippen LogP contribution in [-0.4, -0.2) is 30.4 Å². The van der Waals surface area contributed by atoms with Gasteiger partial charge >= 0.3 is 5.97 Å². The van der Waals surface area contributed by atoms with Gasteiger partial charge < -0.3 is 14.6 Å². The zero-order valence-corrected chi connectivity index (χ0v) is 32.6. The van der Waals surface area contributed by atoms with E-state index in [4.69, 9.17) is 9.47 Å². The number of phenols is 1. The summed E-state index contributed by atoms with van der Waals surface area (Å²) in [6.45, 7) is 25.6. The molecule has 270 valence electrons. The van der Waals surface area contributed by atoms with Gasteiger partial charge in [-0.25, -0.2) is 4.79 Å². The highest BCUT2D eigenvalue weighted by molar-refractivity contribution is 5.90. The lowest BCUT2D eigenvalue weighted by atomic mass is 9.47. The van der Waals surface area contributed by atoms with Gasteiger partial charge in [0.1, 0.15) is 12.4 Å². The van der Waals surface area contributed by atoms with Gasteiger partial charge in [-0.3, -0.25) is 0 Å². The quantitative estimate of drug-likeness (QED) is 0.154. The van der Waals surface area contributed by atoms with Gasteiger partial charge in [-0.05, 0) is 121 Å². The molecule has 8 atom stereocenters. The van der Waals surface area contributed by atoms with Crippen molar-refractivity contribution in [3.05, 3.63) is 40.5 Å². The van der Waals surface area contributed by atoms with Gasteiger partial charge in [-0.1, -0.05) is 107 Å². The molecule has 4 aliphatic rings. The predicted molar refractivity (Wildman–Crippen MR) is 199 cm³/mol. The molecular weight excluding hydrogens is 592 g/mol. The molecule has 5 rings (SSSR count). The Morgan fingerprint density at radius 1 is 0.896 bits per heavy atom. The Kier molecular flexibility index (Phi) is 11.0. The lowest BCUT2D eigenvalue weighted by Gasteiger charge is -2.58. The predicted octanol–water partition coefficient (Wildman–Crippen LogP) is 11.6. The number of allylic oxidation sites excluding steroid dienone is 1. The standard InChI is InChI=1S/C44H70O4/c1-28(2)13-12-14-29(3)34-17-18-35-33-16-15-31-27-32(19-21-43(31,10)36(33)20-22-44(34,35)11)47-23-24-48-40(46)30-25-37(41(4,5)6)39(45)38(26-30)42(7,8)9/h15,25-26,28-29,32-36,45H,12-14,16-24,27H2,1-11H3/t29-,32+,33?,34-,35?,36?,43+,44-/m1/s1. The summed E-state index contributed by atoms with van der Waals surface area (Å²) in [6, 6.07) is 3.60. The summed E-state index contributed by atoms with van der Waals surface area (Å²) in [5, 5.41) is 11.0. The normalized spacial score (nSPS) is 32.7. The average molecular weight is 663 g/mol. The van der Waals surface area contributed by atoms with Crippen molar-refractivity contribution in [2.75, 3.05) is 13.2 Å². The Bertz CT molecular complexity index is 1290. The fourth-order valence-corrected chi connectivity index (χ4v) is 11.1. The van der Waals surface area contributed by atoms with E-state index >= 15 is 0 Å². The van der Waals surface area contributed by atoms with E-state index in [0.29, 0.717) is 23.0 Å². The summed E-state index contributed by atoms with van der Waals surface area (Å²) in [5.41, 5.74) is 3.93. The summed E-state index contributed by atoms with van der Waals surface area (Å²) < 4.78 is 12.1. The molecule has 3 saturated carbocycles. The molecule has 0 heterocycles. The molecule has 3 fully saturated rings. The number of esters is 1. The smallest absolute Gasteiger partial charge is 0.338 e. The molecule has 1 aromatic carbocycles. The highest BCUT2D eigenvalue weighted by Gasteiger charge is 2.59. The van der Waals surface area contributed by atoms with Crippen LogP contribution < -0.4 is 0 Å². The summed E-state index contributed by atoms with van der Waals surface area (Å²) in [6.07, 6.45) is 17.3. The molecule has 0 aliphatic heterocycles. The van der Waals surface area contributed by atoms with Gasteiger partial charge in [-0.2, -0.15) is 0 Å². The summed E-state index contributed by atoms with van der Waals surface area (Å²) in [4.78, 5) is 13.2. The van der Waals surface area contributed by atoms with Gasteiger partial charge in [0.2, 0.25) is 0 Å². The van der Waals surface area contributed by atoms with Gasteiger partial charge in [-0.15, -0.1) is 0 Å². The Morgan fingerprint density at radius 3 is 2.19 bits per heavy atom. The monoisotopic (exact) mass is 663 g/mol. The van der Waals surface area contributed by atoms with Crippen LogP contribution in [0.25, 0.3) is 0 Å². The van der Waals surface area contributed by atoms with Crippen molar-refractivity contribution < 1.29 is 19.4 Å². The SMILES string of the molecule is CC(C)CCC[C@@H](C)[C@H]1CCC2C3CC=C4C[C@@H](OCCOC(=O)c5cc(C(C)(C)C)c(O)c(C(C)(C)C)c5)CC[C@]4(C)C3CC[C@@]21C. The van der Waals surface area contributed by atoms with E-state index in [9.17, 15) is 9.90 Å². The minimum Gasteiger partial charge on any atom is -0.507 e. The fraction of sp³-hybridized carbons (Fsp3) is 0.795. The van der Waals surface area contributed by atoms with Crippen molar-refractivity contribution in [3.8, 4) is 5.75 Å². The maximum absolute atomic E-state index is 13.2. The topological polar surface area (TPSA) is 55.8 Å². The first-order valence-corrected chi connectivity index (χ1v) is 19.7. The number of carbonyl (C=O) groups excluding carboxylic acids is 1.